The molecule has 0 aliphatic carbocycles. The maximum Gasteiger partial charge on any atom is 0.261 e. The average molecular weight is 441 g/mol. The molecule has 0 spiro atoms. The minimum Gasteiger partial charge on any atom is -0.324 e. The first-order valence-electron chi connectivity index (χ1n) is 10.2. The minimum absolute atomic E-state index is 0.153. The zero-order valence-electron chi connectivity index (χ0n) is 18.2. The van der Waals surface area contributed by atoms with Crippen LogP contribution in [0.4, 0.5) is 11.4 Å². The van der Waals surface area contributed by atoms with E-state index in [0.717, 1.165) is 23.5 Å². The maximum atomic E-state index is 12.8. The fourth-order valence-corrected chi connectivity index (χ4v) is 4.45. The van der Waals surface area contributed by atoms with Gasteiger partial charge >= 0.3 is 0 Å². The molecule has 7 nitrogen and oxygen atoms in total. The monoisotopic (exact) mass is 440 g/mol. The van der Waals surface area contributed by atoms with Gasteiger partial charge in [0.25, 0.3) is 10.0 Å². The fraction of sp³-hybridized carbons (Fsp3) is 0.304. The van der Waals surface area contributed by atoms with Gasteiger partial charge in [-0.15, -0.1) is 0 Å². The lowest BCUT2D eigenvalue weighted by atomic mass is 10.1. The van der Waals surface area contributed by atoms with E-state index in [1.165, 1.54) is 12.1 Å². The van der Waals surface area contributed by atoms with Gasteiger partial charge in [0.2, 0.25) is 5.91 Å². The summed E-state index contributed by atoms with van der Waals surface area (Å²) in [5, 5.41) is 7.39. The SMILES string of the molecule is Cc1nn(CC(C)C)c(C)c1CC(=O)Nc1ccccc1NS(=O)(=O)c1ccccc1. The lowest BCUT2D eigenvalue weighted by molar-refractivity contribution is -0.115. The Morgan fingerprint density at radius 3 is 2.26 bits per heavy atom. The van der Waals surface area contributed by atoms with E-state index in [1.807, 2.05) is 18.5 Å². The van der Waals surface area contributed by atoms with Gasteiger partial charge in [-0.25, -0.2) is 8.42 Å². The summed E-state index contributed by atoms with van der Waals surface area (Å²) >= 11 is 0. The Morgan fingerprint density at radius 1 is 1.00 bits per heavy atom. The van der Waals surface area contributed by atoms with Crippen molar-refractivity contribution in [2.45, 2.75) is 45.6 Å². The van der Waals surface area contributed by atoms with Gasteiger partial charge in [-0.05, 0) is 44.0 Å². The smallest absolute Gasteiger partial charge is 0.261 e. The highest BCUT2D eigenvalue weighted by Crippen LogP contribution is 2.25. The standard InChI is InChI=1S/C23H28N4O3S/c1-16(2)15-27-18(4)20(17(3)25-27)14-23(28)24-21-12-8-9-13-22(21)26-31(29,30)19-10-6-5-7-11-19/h5-13,16,26H,14-15H2,1-4H3,(H,24,28). The minimum atomic E-state index is -3.77. The second kappa shape index (κ2) is 9.34. The molecule has 0 aliphatic heterocycles. The van der Waals surface area contributed by atoms with Crippen LogP contribution in [-0.4, -0.2) is 24.1 Å². The number of nitrogens with one attached hydrogen (secondary N) is 2. The molecule has 1 heterocycles. The number of nitrogens with zero attached hydrogens (tertiary/aromatic N) is 2. The Kier molecular flexibility index (Phi) is 6.80. The van der Waals surface area contributed by atoms with Gasteiger partial charge in [0, 0.05) is 17.8 Å². The van der Waals surface area contributed by atoms with Crippen LogP contribution in [0.5, 0.6) is 0 Å². The first-order chi connectivity index (χ1) is 14.7. The predicted octanol–water partition coefficient (Wildman–Crippen LogP) is 4.14. The van der Waals surface area contributed by atoms with Crippen LogP contribution in [0.3, 0.4) is 0 Å². The summed E-state index contributed by atoms with van der Waals surface area (Å²) in [4.78, 5) is 12.9. The van der Waals surface area contributed by atoms with Crippen LogP contribution in [0.2, 0.25) is 0 Å². The molecule has 0 unspecified atom stereocenters. The van der Waals surface area contributed by atoms with Gasteiger partial charge in [-0.2, -0.15) is 5.10 Å². The summed E-state index contributed by atoms with van der Waals surface area (Å²) in [5.74, 6) is 0.214. The molecule has 31 heavy (non-hydrogen) atoms. The third kappa shape index (κ3) is 5.52. The van der Waals surface area contributed by atoms with Gasteiger partial charge in [0.15, 0.2) is 0 Å². The lowest BCUT2D eigenvalue weighted by Gasteiger charge is -2.14. The summed E-state index contributed by atoms with van der Waals surface area (Å²) in [6, 6.07) is 14.8. The molecule has 2 aromatic carbocycles. The lowest BCUT2D eigenvalue weighted by Crippen LogP contribution is -2.19. The number of anilines is 2. The van der Waals surface area contributed by atoms with Crippen molar-refractivity contribution in [2.24, 2.45) is 5.92 Å². The van der Waals surface area contributed by atoms with E-state index in [-0.39, 0.29) is 17.2 Å². The number of para-hydroxylation sites is 2. The molecule has 3 rings (SSSR count). The first kappa shape index (κ1) is 22.6. The number of carbonyl (C=O) groups is 1. The number of hydrogen-bond donors (Lipinski definition) is 2. The van der Waals surface area contributed by atoms with Gasteiger partial charge in [-0.3, -0.25) is 14.2 Å². The fourth-order valence-electron chi connectivity index (χ4n) is 3.35. The number of amides is 1. The van der Waals surface area contributed by atoms with Gasteiger partial charge < -0.3 is 5.32 Å². The van der Waals surface area contributed by atoms with Crippen molar-refractivity contribution >= 4 is 27.3 Å². The number of benzene rings is 2. The largest absolute Gasteiger partial charge is 0.324 e. The van der Waals surface area contributed by atoms with E-state index < -0.39 is 10.0 Å². The molecule has 1 amide bonds. The van der Waals surface area contributed by atoms with Crippen molar-refractivity contribution in [3.63, 3.8) is 0 Å². The summed E-state index contributed by atoms with van der Waals surface area (Å²) in [5.41, 5.74) is 3.40. The number of carbonyl (C=O) groups excluding carboxylic acids is 1. The van der Waals surface area contributed by atoms with Gasteiger partial charge in [0.1, 0.15) is 0 Å². The van der Waals surface area contributed by atoms with Gasteiger partial charge in [-0.1, -0.05) is 44.2 Å². The number of aryl methyl sites for hydroxylation is 1. The Labute approximate surface area is 183 Å². The van der Waals surface area contributed by atoms with E-state index in [0.29, 0.717) is 17.3 Å². The van der Waals surface area contributed by atoms with Crippen LogP contribution in [0.15, 0.2) is 59.5 Å². The van der Waals surface area contributed by atoms with E-state index in [1.54, 1.807) is 42.5 Å². The summed E-state index contributed by atoms with van der Waals surface area (Å²) in [6.45, 7) is 8.90. The molecule has 0 radical (unpaired) electrons. The third-order valence-corrected chi connectivity index (χ3v) is 6.29. The Bertz CT molecular complexity index is 1170. The number of sulfonamides is 1. The quantitative estimate of drug-likeness (QED) is 0.551. The van der Waals surface area contributed by atoms with E-state index in [4.69, 9.17) is 0 Å². The zero-order valence-corrected chi connectivity index (χ0v) is 19.0. The molecule has 164 valence electrons. The molecular formula is C23H28N4O3S. The molecule has 0 fully saturated rings. The van der Waals surface area contributed by atoms with Crippen molar-refractivity contribution in [1.29, 1.82) is 0 Å². The third-order valence-electron chi connectivity index (χ3n) is 4.91. The van der Waals surface area contributed by atoms with Crippen LogP contribution in [0.1, 0.15) is 30.8 Å². The van der Waals surface area contributed by atoms with E-state index in [9.17, 15) is 13.2 Å². The van der Waals surface area contributed by atoms with Crippen molar-refractivity contribution < 1.29 is 13.2 Å². The molecule has 0 saturated heterocycles. The molecule has 2 N–H and O–H groups in total. The molecular weight excluding hydrogens is 412 g/mol. The normalized spacial score (nSPS) is 11.5. The summed E-state index contributed by atoms with van der Waals surface area (Å²) in [6.07, 6.45) is 0.162. The van der Waals surface area contributed by atoms with Crippen LogP contribution < -0.4 is 10.0 Å². The summed E-state index contributed by atoms with van der Waals surface area (Å²) in [7, 11) is -3.77. The Hall–Kier alpha value is -3.13. The number of aromatic nitrogens is 2. The summed E-state index contributed by atoms with van der Waals surface area (Å²) < 4.78 is 29.8. The van der Waals surface area contributed by atoms with Crippen molar-refractivity contribution in [2.75, 3.05) is 10.0 Å². The highest BCUT2D eigenvalue weighted by atomic mass is 32.2. The molecule has 0 atom stereocenters. The highest BCUT2D eigenvalue weighted by Gasteiger charge is 2.18. The number of hydrogen-bond acceptors (Lipinski definition) is 4. The average Bonchev–Trinajstić information content (AvgIpc) is 2.97. The Morgan fingerprint density at radius 2 is 1.61 bits per heavy atom. The Balaban J connectivity index is 1.77. The van der Waals surface area contributed by atoms with Crippen molar-refractivity contribution in [3.05, 3.63) is 71.5 Å². The molecule has 0 bridgehead atoms. The second-order valence-electron chi connectivity index (χ2n) is 7.91. The maximum absolute atomic E-state index is 12.8. The van der Waals surface area contributed by atoms with Gasteiger partial charge in [0.05, 0.1) is 28.4 Å². The first-order valence-corrected chi connectivity index (χ1v) is 11.7. The van der Waals surface area contributed by atoms with Crippen molar-refractivity contribution in [1.82, 2.24) is 9.78 Å². The predicted molar refractivity (Wildman–Crippen MR) is 123 cm³/mol. The molecule has 8 heteroatoms. The van der Waals surface area contributed by atoms with E-state index in [2.05, 4.69) is 29.0 Å². The molecule has 0 aliphatic rings. The topological polar surface area (TPSA) is 93.1 Å². The van der Waals surface area contributed by atoms with Crippen LogP contribution in [-0.2, 0) is 27.8 Å². The van der Waals surface area contributed by atoms with Crippen LogP contribution in [0, 0.1) is 19.8 Å². The second-order valence-corrected chi connectivity index (χ2v) is 9.60. The molecule has 1 aromatic heterocycles. The molecule has 3 aromatic rings. The van der Waals surface area contributed by atoms with Crippen LogP contribution >= 0.6 is 0 Å². The van der Waals surface area contributed by atoms with E-state index >= 15 is 0 Å². The van der Waals surface area contributed by atoms with Crippen molar-refractivity contribution in [3.8, 4) is 0 Å². The van der Waals surface area contributed by atoms with Crippen LogP contribution in [0.25, 0.3) is 0 Å². The highest BCUT2D eigenvalue weighted by molar-refractivity contribution is 7.92. The number of rotatable bonds is 8. The molecule has 0 saturated carbocycles. The zero-order chi connectivity index (χ0) is 22.6.